The zero-order chi connectivity index (χ0) is 23.1. The fraction of sp³-hybridized carbons (Fsp3) is 0.348. The number of carbonyl (C=O) groups excluding carboxylic acids is 1. The number of ether oxygens (including phenoxy) is 2. The Morgan fingerprint density at radius 3 is 2.69 bits per heavy atom. The molecule has 170 valence electrons. The summed E-state index contributed by atoms with van der Waals surface area (Å²) < 4.78 is 29.0. The van der Waals surface area contributed by atoms with Crippen molar-refractivity contribution in [2.45, 2.75) is 25.8 Å². The van der Waals surface area contributed by atoms with E-state index >= 15 is 0 Å². The lowest BCUT2D eigenvalue weighted by atomic mass is 10.0. The molecule has 0 unspecified atom stereocenters. The third kappa shape index (κ3) is 5.35. The molecular weight excluding hydrogens is 415 g/mol. The molecule has 9 heteroatoms. The number of nitrogens with zero attached hydrogens (tertiary/aromatic N) is 1. The highest BCUT2D eigenvalue weighted by Crippen LogP contribution is 2.32. The molecule has 0 aliphatic heterocycles. The second-order valence-electron chi connectivity index (χ2n) is 7.25. The first-order chi connectivity index (χ1) is 15.5. The number of oxazole rings is 1. The summed E-state index contributed by atoms with van der Waals surface area (Å²) in [6.45, 7) is 1.33. The average molecular weight is 442 g/mol. The molecule has 32 heavy (non-hydrogen) atoms. The number of halogens is 1. The number of aryl methyl sites for hydroxylation is 1. The molecule has 1 aromatic heterocycles. The van der Waals surface area contributed by atoms with Crippen molar-refractivity contribution < 1.29 is 23.1 Å². The Bertz CT molecular complexity index is 1100. The number of amides is 1. The molecule has 0 saturated heterocycles. The quantitative estimate of drug-likeness (QED) is 0.249. The SMILES string of the molecule is COc1cc2c(OC)cccc2cc1C(=O)N[C@@H](CCCNC(=N)CF)c1ncc(C)o1. The van der Waals surface area contributed by atoms with Gasteiger partial charge in [0.2, 0.25) is 5.89 Å². The molecule has 1 amide bonds. The van der Waals surface area contributed by atoms with E-state index in [1.54, 1.807) is 32.4 Å². The van der Waals surface area contributed by atoms with E-state index in [0.717, 1.165) is 10.8 Å². The Labute approximate surface area is 185 Å². The second-order valence-corrected chi connectivity index (χ2v) is 7.25. The summed E-state index contributed by atoms with van der Waals surface area (Å²) in [5.41, 5.74) is 0.374. The zero-order valence-corrected chi connectivity index (χ0v) is 18.3. The van der Waals surface area contributed by atoms with Gasteiger partial charge in [-0.25, -0.2) is 9.37 Å². The first-order valence-electron chi connectivity index (χ1n) is 10.2. The van der Waals surface area contributed by atoms with Crippen molar-refractivity contribution in [3.05, 3.63) is 53.7 Å². The molecule has 1 atom stereocenters. The van der Waals surface area contributed by atoms with Crippen LogP contribution in [0.15, 0.2) is 40.9 Å². The molecule has 8 nitrogen and oxygen atoms in total. The van der Waals surface area contributed by atoms with Crippen molar-refractivity contribution in [1.29, 1.82) is 5.41 Å². The minimum Gasteiger partial charge on any atom is -0.496 e. The van der Waals surface area contributed by atoms with Crippen LogP contribution in [0.2, 0.25) is 0 Å². The maximum Gasteiger partial charge on any atom is 0.255 e. The van der Waals surface area contributed by atoms with Crippen molar-refractivity contribution in [3.8, 4) is 11.5 Å². The fourth-order valence-electron chi connectivity index (χ4n) is 3.42. The molecule has 0 spiro atoms. The summed E-state index contributed by atoms with van der Waals surface area (Å²) in [5, 5.41) is 14.7. The maximum atomic E-state index is 13.2. The summed E-state index contributed by atoms with van der Waals surface area (Å²) in [6.07, 6.45) is 2.65. The molecule has 0 bridgehead atoms. The Kier molecular flexibility index (Phi) is 7.64. The predicted molar refractivity (Wildman–Crippen MR) is 119 cm³/mol. The number of aromatic nitrogens is 1. The highest BCUT2D eigenvalue weighted by atomic mass is 19.1. The van der Waals surface area contributed by atoms with Crippen LogP contribution < -0.4 is 20.1 Å². The van der Waals surface area contributed by atoms with E-state index in [4.69, 9.17) is 19.3 Å². The monoisotopic (exact) mass is 442 g/mol. The normalized spacial score (nSPS) is 11.8. The lowest BCUT2D eigenvalue weighted by Gasteiger charge is -2.18. The molecule has 0 aliphatic carbocycles. The molecule has 0 radical (unpaired) electrons. The van der Waals surface area contributed by atoms with Gasteiger partial charge in [-0.3, -0.25) is 10.2 Å². The van der Waals surface area contributed by atoms with Crippen molar-refractivity contribution in [2.75, 3.05) is 27.4 Å². The number of fused-ring (bicyclic) bond motifs is 1. The second kappa shape index (κ2) is 10.6. The van der Waals surface area contributed by atoms with Gasteiger partial charge < -0.3 is 24.5 Å². The van der Waals surface area contributed by atoms with Gasteiger partial charge in [0.1, 0.15) is 35.8 Å². The molecule has 3 aromatic rings. The van der Waals surface area contributed by atoms with Crippen molar-refractivity contribution in [2.24, 2.45) is 0 Å². The first-order valence-corrected chi connectivity index (χ1v) is 10.2. The third-order valence-corrected chi connectivity index (χ3v) is 5.01. The largest absolute Gasteiger partial charge is 0.496 e. The van der Waals surface area contributed by atoms with Crippen molar-refractivity contribution in [1.82, 2.24) is 15.6 Å². The fourth-order valence-corrected chi connectivity index (χ4v) is 3.42. The molecule has 0 fully saturated rings. The van der Waals surface area contributed by atoms with E-state index < -0.39 is 12.7 Å². The van der Waals surface area contributed by atoms with E-state index in [1.165, 1.54) is 7.11 Å². The molecule has 1 heterocycles. The summed E-state index contributed by atoms with van der Waals surface area (Å²) in [4.78, 5) is 17.5. The molecule has 2 aromatic carbocycles. The predicted octanol–water partition coefficient (Wildman–Crippen LogP) is 3.94. The number of benzene rings is 2. The number of methoxy groups -OCH3 is 2. The first kappa shape index (κ1) is 23.1. The summed E-state index contributed by atoms with van der Waals surface area (Å²) >= 11 is 0. The van der Waals surface area contributed by atoms with E-state index in [9.17, 15) is 9.18 Å². The van der Waals surface area contributed by atoms with Crippen LogP contribution in [-0.4, -0.2) is 44.2 Å². The lowest BCUT2D eigenvalue weighted by molar-refractivity contribution is 0.0924. The minimum absolute atomic E-state index is 0.172. The van der Waals surface area contributed by atoms with E-state index in [0.29, 0.717) is 48.1 Å². The minimum atomic E-state index is -0.842. The van der Waals surface area contributed by atoms with Crippen LogP contribution in [0, 0.1) is 12.3 Å². The smallest absolute Gasteiger partial charge is 0.255 e. The summed E-state index contributed by atoms with van der Waals surface area (Å²) in [6, 6.07) is 8.64. The Hall–Kier alpha value is -3.62. The Morgan fingerprint density at radius 1 is 1.25 bits per heavy atom. The van der Waals surface area contributed by atoms with Crippen LogP contribution in [0.25, 0.3) is 10.8 Å². The van der Waals surface area contributed by atoms with Gasteiger partial charge in [-0.1, -0.05) is 12.1 Å². The zero-order valence-electron chi connectivity index (χ0n) is 18.3. The van der Waals surface area contributed by atoms with Gasteiger partial charge in [-0.05, 0) is 43.4 Å². The van der Waals surface area contributed by atoms with Gasteiger partial charge in [0.05, 0.1) is 26.0 Å². The standard InChI is InChI=1S/C23H27FN4O4/c1-14-13-27-23(32-14)18(7-5-9-26-21(25)12-24)28-22(29)17-10-15-6-4-8-19(30-2)16(15)11-20(17)31-3/h4,6,8,10-11,13,18H,5,7,9,12H2,1-3H3,(H2,25,26)(H,28,29)/t18-/m0/s1. The molecular formula is C23H27FN4O4. The van der Waals surface area contributed by atoms with Crippen LogP contribution in [0.1, 0.15) is 40.9 Å². The van der Waals surface area contributed by atoms with E-state index in [-0.39, 0.29) is 11.7 Å². The number of nitrogens with one attached hydrogen (secondary N) is 3. The van der Waals surface area contributed by atoms with Crippen LogP contribution in [0.3, 0.4) is 0 Å². The van der Waals surface area contributed by atoms with Gasteiger partial charge in [0, 0.05) is 11.9 Å². The molecule has 3 N–H and O–H groups in total. The number of hydrogen-bond donors (Lipinski definition) is 3. The number of carbonyl (C=O) groups is 1. The Balaban J connectivity index is 1.83. The van der Waals surface area contributed by atoms with Crippen molar-refractivity contribution >= 4 is 22.5 Å². The maximum absolute atomic E-state index is 13.2. The van der Waals surface area contributed by atoms with Crippen LogP contribution in [0.4, 0.5) is 4.39 Å². The molecule has 0 saturated carbocycles. The van der Waals surface area contributed by atoms with Gasteiger partial charge in [0.15, 0.2) is 0 Å². The van der Waals surface area contributed by atoms with Crippen LogP contribution >= 0.6 is 0 Å². The number of rotatable bonds is 10. The Morgan fingerprint density at radius 2 is 2.03 bits per heavy atom. The number of amidine groups is 1. The van der Waals surface area contributed by atoms with Gasteiger partial charge in [0.25, 0.3) is 5.91 Å². The molecule has 3 rings (SSSR count). The highest BCUT2D eigenvalue weighted by Gasteiger charge is 2.23. The van der Waals surface area contributed by atoms with Gasteiger partial charge in [-0.2, -0.15) is 0 Å². The summed E-state index contributed by atoms with van der Waals surface area (Å²) in [5.74, 6) is 1.61. The van der Waals surface area contributed by atoms with Crippen LogP contribution in [0.5, 0.6) is 11.5 Å². The number of hydrogen-bond acceptors (Lipinski definition) is 6. The number of alkyl halides is 1. The topological polar surface area (TPSA) is 109 Å². The summed E-state index contributed by atoms with van der Waals surface area (Å²) in [7, 11) is 3.10. The highest BCUT2D eigenvalue weighted by molar-refractivity contribution is 6.03. The van der Waals surface area contributed by atoms with Gasteiger partial charge >= 0.3 is 0 Å². The average Bonchev–Trinajstić information content (AvgIpc) is 3.25. The lowest BCUT2D eigenvalue weighted by Crippen LogP contribution is -2.31. The molecule has 0 aliphatic rings. The van der Waals surface area contributed by atoms with Crippen LogP contribution in [-0.2, 0) is 0 Å². The van der Waals surface area contributed by atoms with E-state index in [1.807, 2.05) is 18.2 Å². The van der Waals surface area contributed by atoms with Crippen molar-refractivity contribution in [3.63, 3.8) is 0 Å². The van der Waals surface area contributed by atoms with E-state index in [2.05, 4.69) is 15.6 Å². The third-order valence-electron chi connectivity index (χ3n) is 5.01. The van der Waals surface area contributed by atoms with Gasteiger partial charge in [-0.15, -0.1) is 0 Å².